The van der Waals surface area contributed by atoms with Crippen LogP contribution in [0.25, 0.3) is 0 Å². The lowest BCUT2D eigenvalue weighted by atomic mass is 10.1. The number of non-ortho nitro benzene ring substituents is 1. The minimum Gasteiger partial charge on any atom is -0.457 e. The molecule has 2 aromatic rings. The molecule has 2 rings (SSSR count). The molecular formula is C15H16N2O3. The molecule has 0 bridgehead atoms. The highest BCUT2D eigenvalue weighted by Gasteiger charge is 2.11. The van der Waals surface area contributed by atoms with Gasteiger partial charge in [0.05, 0.1) is 11.0 Å². The highest BCUT2D eigenvalue weighted by molar-refractivity contribution is 5.47. The fourth-order valence-electron chi connectivity index (χ4n) is 1.81. The van der Waals surface area contributed by atoms with Crippen molar-refractivity contribution in [3.8, 4) is 11.5 Å². The number of benzene rings is 2. The molecule has 0 aromatic heterocycles. The predicted octanol–water partition coefficient (Wildman–Crippen LogP) is 3.46. The van der Waals surface area contributed by atoms with E-state index < -0.39 is 4.92 Å². The van der Waals surface area contributed by atoms with E-state index in [-0.39, 0.29) is 5.69 Å². The Balaban J connectivity index is 2.38. The molecule has 104 valence electrons. The van der Waals surface area contributed by atoms with Gasteiger partial charge in [-0.2, -0.15) is 0 Å². The number of nitro groups is 1. The van der Waals surface area contributed by atoms with E-state index in [9.17, 15) is 10.1 Å². The molecule has 0 radical (unpaired) electrons. The van der Waals surface area contributed by atoms with Crippen LogP contribution in [0.15, 0.2) is 36.4 Å². The van der Waals surface area contributed by atoms with Crippen molar-refractivity contribution in [3.63, 3.8) is 0 Å². The average molecular weight is 272 g/mol. The van der Waals surface area contributed by atoms with Crippen molar-refractivity contribution in [1.82, 2.24) is 0 Å². The maximum Gasteiger partial charge on any atom is 0.273 e. The summed E-state index contributed by atoms with van der Waals surface area (Å²) in [6, 6.07) is 10.3. The van der Waals surface area contributed by atoms with Gasteiger partial charge in [0.15, 0.2) is 0 Å². The predicted molar refractivity (Wildman–Crippen MR) is 77.0 cm³/mol. The Bertz CT molecular complexity index is 654. The Morgan fingerprint density at radius 1 is 1.10 bits per heavy atom. The van der Waals surface area contributed by atoms with E-state index in [2.05, 4.69) is 0 Å². The monoisotopic (exact) mass is 272 g/mol. The van der Waals surface area contributed by atoms with Gasteiger partial charge in [-0.15, -0.1) is 0 Å². The minimum atomic E-state index is -0.435. The Labute approximate surface area is 117 Å². The molecule has 2 N–H and O–H groups in total. The van der Waals surface area contributed by atoms with Crippen LogP contribution in [0.2, 0.25) is 0 Å². The molecule has 5 nitrogen and oxygen atoms in total. The highest BCUT2D eigenvalue weighted by Crippen LogP contribution is 2.31. The molecule has 0 heterocycles. The second-order valence-electron chi connectivity index (χ2n) is 4.61. The van der Waals surface area contributed by atoms with Crippen LogP contribution in [0.1, 0.15) is 16.7 Å². The van der Waals surface area contributed by atoms with E-state index in [4.69, 9.17) is 10.5 Å². The summed E-state index contributed by atoms with van der Waals surface area (Å²) in [5, 5.41) is 10.8. The molecule has 0 aliphatic rings. The lowest BCUT2D eigenvalue weighted by Crippen LogP contribution is -1.98. The summed E-state index contributed by atoms with van der Waals surface area (Å²) in [6.07, 6.45) is 0. The molecule has 0 saturated heterocycles. The van der Waals surface area contributed by atoms with Crippen LogP contribution in [0.5, 0.6) is 11.5 Å². The smallest absolute Gasteiger partial charge is 0.273 e. The number of nitrogens with zero attached hydrogens (tertiary/aromatic N) is 1. The SMILES string of the molecule is Cc1ccc(CN)cc1Oc1cc([N+](=O)[O-])ccc1C. The second kappa shape index (κ2) is 5.71. The summed E-state index contributed by atoms with van der Waals surface area (Å²) >= 11 is 0. The summed E-state index contributed by atoms with van der Waals surface area (Å²) < 4.78 is 5.81. The Hall–Kier alpha value is -2.40. The van der Waals surface area contributed by atoms with Crippen LogP contribution >= 0.6 is 0 Å². The number of nitrogens with two attached hydrogens (primary N) is 1. The van der Waals surface area contributed by atoms with Gasteiger partial charge in [0.2, 0.25) is 0 Å². The van der Waals surface area contributed by atoms with Crippen LogP contribution < -0.4 is 10.5 Å². The molecule has 0 atom stereocenters. The third-order valence-corrected chi connectivity index (χ3v) is 3.09. The maximum absolute atomic E-state index is 10.8. The highest BCUT2D eigenvalue weighted by atomic mass is 16.6. The van der Waals surface area contributed by atoms with Crippen LogP contribution in [0.3, 0.4) is 0 Å². The summed E-state index contributed by atoms with van der Waals surface area (Å²) in [5.74, 6) is 1.15. The largest absolute Gasteiger partial charge is 0.457 e. The first-order valence-electron chi connectivity index (χ1n) is 6.23. The summed E-state index contributed by atoms with van der Waals surface area (Å²) in [7, 11) is 0. The summed E-state index contributed by atoms with van der Waals surface area (Å²) in [6.45, 7) is 4.19. The van der Waals surface area contributed by atoms with E-state index in [0.29, 0.717) is 18.0 Å². The zero-order valence-electron chi connectivity index (χ0n) is 11.4. The van der Waals surface area contributed by atoms with Crippen LogP contribution in [-0.2, 0) is 6.54 Å². The number of rotatable bonds is 4. The van der Waals surface area contributed by atoms with Crippen molar-refractivity contribution in [2.75, 3.05) is 0 Å². The number of ether oxygens (including phenoxy) is 1. The van der Waals surface area contributed by atoms with Crippen LogP contribution in [-0.4, -0.2) is 4.92 Å². The topological polar surface area (TPSA) is 78.4 Å². The molecule has 0 unspecified atom stereocenters. The molecule has 0 aliphatic carbocycles. The molecule has 5 heteroatoms. The van der Waals surface area contributed by atoms with Crippen molar-refractivity contribution >= 4 is 5.69 Å². The second-order valence-corrected chi connectivity index (χ2v) is 4.61. The third kappa shape index (κ3) is 2.95. The molecule has 0 saturated carbocycles. The summed E-state index contributed by atoms with van der Waals surface area (Å²) in [5.41, 5.74) is 8.37. The first kappa shape index (κ1) is 14.0. The number of hydrogen-bond acceptors (Lipinski definition) is 4. The summed E-state index contributed by atoms with van der Waals surface area (Å²) in [4.78, 5) is 10.4. The van der Waals surface area contributed by atoms with Gasteiger partial charge >= 0.3 is 0 Å². The average Bonchev–Trinajstić information content (AvgIpc) is 2.43. The lowest BCUT2D eigenvalue weighted by Gasteiger charge is -2.12. The number of hydrogen-bond donors (Lipinski definition) is 1. The Kier molecular flexibility index (Phi) is 4.00. The van der Waals surface area contributed by atoms with E-state index in [1.807, 2.05) is 32.0 Å². The zero-order chi connectivity index (χ0) is 14.7. The lowest BCUT2D eigenvalue weighted by molar-refractivity contribution is -0.384. The first-order chi connectivity index (χ1) is 9.51. The van der Waals surface area contributed by atoms with Gasteiger partial charge in [-0.1, -0.05) is 12.1 Å². The number of nitro benzene ring substituents is 1. The van der Waals surface area contributed by atoms with Gasteiger partial charge in [-0.25, -0.2) is 0 Å². The molecular weight excluding hydrogens is 256 g/mol. The molecule has 0 spiro atoms. The fourth-order valence-corrected chi connectivity index (χ4v) is 1.81. The van der Waals surface area contributed by atoms with E-state index in [0.717, 1.165) is 16.7 Å². The van der Waals surface area contributed by atoms with Crippen LogP contribution in [0.4, 0.5) is 5.69 Å². The van der Waals surface area contributed by atoms with Crippen molar-refractivity contribution in [3.05, 3.63) is 63.2 Å². The van der Waals surface area contributed by atoms with Gasteiger partial charge < -0.3 is 10.5 Å². The third-order valence-electron chi connectivity index (χ3n) is 3.09. The Morgan fingerprint density at radius 3 is 2.30 bits per heavy atom. The van der Waals surface area contributed by atoms with Gasteiger partial charge in [0, 0.05) is 12.6 Å². The molecule has 20 heavy (non-hydrogen) atoms. The molecule has 0 aliphatic heterocycles. The normalized spacial score (nSPS) is 10.3. The van der Waals surface area contributed by atoms with Gasteiger partial charge in [0.1, 0.15) is 11.5 Å². The van der Waals surface area contributed by atoms with Crippen molar-refractivity contribution in [1.29, 1.82) is 0 Å². The van der Waals surface area contributed by atoms with Gasteiger partial charge in [0.25, 0.3) is 5.69 Å². The van der Waals surface area contributed by atoms with Crippen molar-refractivity contribution in [2.24, 2.45) is 5.73 Å². The number of aryl methyl sites for hydroxylation is 2. The molecule has 2 aromatic carbocycles. The fraction of sp³-hybridized carbons (Fsp3) is 0.200. The molecule has 0 amide bonds. The zero-order valence-corrected chi connectivity index (χ0v) is 11.4. The van der Waals surface area contributed by atoms with E-state index in [1.54, 1.807) is 6.07 Å². The van der Waals surface area contributed by atoms with E-state index in [1.165, 1.54) is 12.1 Å². The van der Waals surface area contributed by atoms with Gasteiger partial charge in [-0.05, 0) is 42.7 Å². The standard InChI is InChI=1S/C15H16N2O3/c1-10-3-5-12(9-16)7-14(10)20-15-8-13(17(18)19)6-4-11(15)2/h3-8H,9,16H2,1-2H3. The van der Waals surface area contributed by atoms with Crippen molar-refractivity contribution in [2.45, 2.75) is 20.4 Å². The Morgan fingerprint density at radius 2 is 1.70 bits per heavy atom. The van der Waals surface area contributed by atoms with Gasteiger partial charge in [-0.3, -0.25) is 10.1 Å². The van der Waals surface area contributed by atoms with Crippen LogP contribution in [0, 0.1) is 24.0 Å². The minimum absolute atomic E-state index is 0.0123. The quantitative estimate of drug-likeness (QED) is 0.682. The molecule has 0 fully saturated rings. The van der Waals surface area contributed by atoms with Crippen molar-refractivity contribution < 1.29 is 9.66 Å². The maximum atomic E-state index is 10.8. The first-order valence-corrected chi connectivity index (χ1v) is 6.23. The van der Waals surface area contributed by atoms with E-state index >= 15 is 0 Å².